The first kappa shape index (κ1) is 13.5. The lowest BCUT2D eigenvalue weighted by Crippen LogP contribution is -2.46. The van der Waals surface area contributed by atoms with Crippen LogP contribution >= 0.6 is 0 Å². The third kappa shape index (κ3) is 3.29. The van der Waals surface area contributed by atoms with E-state index in [1.165, 1.54) is 32.1 Å². The fourth-order valence-electron chi connectivity index (χ4n) is 2.69. The quantitative estimate of drug-likeness (QED) is 0.836. The molecule has 1 aromatic heterocycles. The van der Waals surface area contributed by atoms with Crippen LogP contribution < -0.4 is 5.32 Å². The molecule has 0 radical (unpaired) electrons. The summed E-state index contributed by atoms with van der Waals surface area (Å²) in [5.74, 6) is 1.49. The van der Waals surface area contributed by atoms with Gasteiger partial charge in [0.2, 0.25) is 5.89 Å². The summed E-state index contributed by atoms with van der Waals surface area (Å²) in [5, 5.41) is 7.46. The van der Waals surface area contributed by atoms with E-state index in [0.29, 0.717) is 13.0 Å². The minimum absolute atomic E-state index is 0.156. The van der Waals surface area contributed by atoms with E-state index in [2.05, 4.69) is 15.5 Å². The van der Waals surface area contributed by atoms with Crippen LogP contribution in [-0.4, -0.2) is 36.4 Å². The molecule has 5 nitrogen and oxygen atoms in total. The van der Waals surface area contributed by atoms with Gasteiger partial charge in [-0.25, -0.2) is 0 Å². The Bertz CT molecular complexity index is 359. The van der Waals surface area contributed by atoms with Gasteiger partial charge in [0.15, 0.2) is 5.82 Å². The van der Waals surface area contributed by atoms with Crippen LogP contribution in [0.2, 0.25) is 0 Å². The third-order valence-corrected chi connectivity index (χ3v) is 3.87. The maximum absolute atomic E-state index is 5.33. The van der Waals surface area contributed by atoms with Gasteiger partial charge >= 0.3 is 0 Å². The fraction of sp³-hybridized carbons (Fsp3) is 0.846. The van der Waals surface area contributed by atoms with Crippen molar-refractivity contribution in [2.24, 2.45) is 0 Å². The Morgan fingerprint density at radius 3 is 2.78 bits per heavy atom. The van der Waals surface area contributed by atoms with E-state index in [1.807, 2.05) is 7.05 Å². The fourth-order valence-corrected chi connectivity index (χ4v) is 2.69. The lowest BCUT2D eigenvalue weighted by molar-refractivity contribution is 0.199. The number of hydrogen-bond acceptors (Lipinski definition) is 5. The van der Waals surface area contributed by atoms with E-state index in [4.69, 9.17) is 9.26 Å². The largest absolute Gasteiger partial charge is 0.384 e. The Balaban J connectivity index is 1.96. The number of nitrogens with zero attached hydrogens (tertiary/aromatic N) is 2. The van der Waals surface area contributed by atoms with Crippen LogP contribution in [0.3, 0.4) is 0 Å². The second-order valence-electron chi connectivity index (χ2n) is 5.11. The molecule has 1 aliphatic carbocycles. The topological polar surface area (TPSA) is 60.2 Å². The van der Waals surface area contributed by atoms with Crippen molar-refractivity contribution in [2.45, 2.75) is 50.5 Å². The van der Waals surface area contributed by atoms with Gasteiger partial charge in [0, 0.05) is 25.5 Å². The minimum atomic E-state index is 0.156. The number of ether oxygens (including phenoxy) is 1. The second kappa shape index (κ2) is 6.29. The SMILES string of the molecule is CNC1(Cc2nc(CCOC)no2)CCCCC1. The van der Waals surface area contributed by atoms with E-state index in [0.717, 1.165) is 18.1 Å². The van der Waals surface area contributed by atoms with Gasteiger partial charge in [0.1, 0.15) is 0 Å². The molecule has 0 aliphatic heterocycles. The monoisotopic (exact) mass is 253 g/mol. The van der Waals surface area contributed by atoms with Crippen molar-refractivity contribution in [3.63, 3.8) is 0 Å². The number of aromatic nitrogens is 2. The first-order valence-electron chi connectivity index (χ1n) is 6.77. The minimum Gasteiger partial charge on any atom is -0.384 e. The smallest absolute Gasteiger partial charge is 0.228 e. The number of methoxy groups -OCH3 is 1. The zero-order valence-corrected chi connectivity index (χ0v) is 11.4. The molecule has 18 heavy (non-hydrogen) atoms. The van der Waals surface area contributed by atoms with Gasteiger partial charge in [-0.1, -0.05) is 24.4 Å². The predicted octanol–water partition coefficient (Wildman–Crippen LogP) is 1.72. The summed E-state index contributed by atoms with van der Waals surface area (Å²) >= 11 is 0. The van der Waals surface area contributed by atoms with E-state index in [1.54, 1.807) is 7.11 Å². The van der Waals surface area contributed by atoms with Crippen molar-refractivity contribution in [2.75, 3.05) is 20.8 Å². The van der Waals surface area contributed by atoms with Crippen molar-refractivity contribution in [1.82, 2.24) is 15.5 Å². The zero-order chi connectivity index (χ0) is 12.8. The Morgan fingerprint density at radius 2 is 2.11 bits per heavy atom. The third-order valence-electron chi connectivity index (χ3n) is 3.87. The lowest BCUT2D eigenvalue weighted by Gasteiger charge is -2.36. The van der Waals surface area contributed by atoms with Crippen LogP contribution in [-0.2, 0) is 17.6 Å². The Morgan fingerprint density at radius 1 is 1.33 bits per heavy atom. The first-order chi connectivity index (χ1) is 8.78. The van der Waals surface area contributed by atoms with Gasteiger partial charge in [-0.05, 0) is 19.9 Å². The summed E-state index contributed by atoms with van der Waals surface area (Å²) < 4.78 is 10.3. The highest BCUT2D eigenvalue weighted by Gasteiger charge is 2.32. The van der Waals surface area contributed by atoms with Crippen molar-refractivity contribution in [3.05, 3.63) is 11.7 Å². The molecule has 102 valence electrons. The lowest BCUT2D eigenvalue weighted by atomic mass is 9.79. The summed E-state index contributed by atoms with van der Waals surface area (Å²) in [7, 11) is 3.71. The Labute approximate surface area is 108 Å². The highest BCUT2D eigenvalue weighted by atomic mass is 16.5. The molecule has 1 N–H and O–H groups in total. The number of hydrogen-bond donors (Lipinski definition) is 1. The highest BCUT2D eigenvalue weighted by molar-refractivity contribution is 4.99. The second-order valence-corrected chi connectivity index (χ2v) is 5.11. The van der Waals surface area contributed by atoms with Gasteiger partial charge in [0.05, 0.1) is 6.61 Å². The van der Waals surface area contributed by atoms with Crippen molar-refractivity contribution < 1.29 is 9.26 Å². The molecular formula is C13H23N3O2. The average Bonchev–Trinajstić information content (AvgIpc) is 2.85. The maximum atomic E-state index is 5.33. The van der Waals surface area contributed by atoms with Crippen molar-refractivity contribution >= 4 is 0 Å². The van der Waals surface area contributed by atoms with E-state index >= 15 is 0 Å². The van der Waals surface area contributed by atoms with Crippen LogP contribution in [0.15, 0.2) is 4.52 Å². The average molecular weight is 253 g/mol. The molecule has 1 saturated carbocycles. The van der Waals surface area contributed by atoms with Crippen LogP contribution in [0, 0.1) is 0 Å². The van der Waals surface area contributed by atoms with Crippen LogP contribution in [0.25, 0.3) is 0 Å². The molecule has 0 atom stereocenters. The maximum Gasteiger partial charge on any atom is 0.228 e. The molecule has 1 aliphatic rings. The molecule has 0 amide bonds. The Kier molecular flexibility index (Phi) is 4.72. The van der Waals surface area contributed by atoms with Gasteiger partial charge in [-0.2, -0.15) is 4.98 Å². The molecule has 2 rings (SSSR count). The van der Waals surface area contributed by atoms with Gasteiger partial charge in [-0.3, -0.25) is 0 Å². The first-order valence-corrected chi connectivity index (χ1v) is 6.77. The number of nitrogens with one attached hydrogen (secondary N) is 1. The molecule has 5 heteroatoms. The molecule has 0 saturated heterocycles. The summed E-state index contributed by atoms with van der Waals surface area (Å²) in [5.41, 5.74) is 0.156. The van der Waals surface area contributed by atoms with Crippen LogP contribution in [0.5, 0.6) is 0 Å². The van der Waals surface area contributed by atoms with Crippen LogP contribution in [0.1, 0.15) is 43.8 Å². The standard InChI is InChI=1S/C13H23N3O2/c1-14-13(7-4-3-5-8-13)10-12-15-11(16-18-12)6-9-17-2/h14H,3-10H2,1-2H3. The van der Waals surface area contributed by atoms with E-state index < -0.39 is 0 Å². The van der Waals surface area contributed by atoms with Gasteiger partial charge in [-0.15, -0.1) is 0 Å². The molecule has 0 bridgehead atoms. The van der Waals surface area contributed by atoms with Gasteiger partial charge < -0.3 is 14.6 Å². The molecule has 1 fully saturated rings. The molecule has 0 spiro atoms. The van der Waals surface area contributed by atoms with E-state index in [9.17, 15) is 0 Å². The predicted molar refractivity (Wildman–Crippen MR) is 68.5 cm³/mol. The summed E-state index contributed by atoms with van der Waals surface area (Å²) in [6.45, 7) is 0.635. The molecular weight excluding hydrogens is 230 g/mol. The van der Waals surface area contributed by atoms with Crippen LogP contribution in [0.4, 0.5) is 0 Å². The summed E-state index contributed by atoms with van der Waals surface area (Å²) in [6, 6.07) is 0. The zero-order valence-electron chi connectivity index (χ0n) is 11.4. The molecule has 1 aromatic rings. The molecule has 1 heterocycles. The molecule has 0 unspecified atom stereocenters. The van der Waals surface area contributed by atoms with Crippen molar-refractivity contribution in [3.8, 4) is 0 Å². The van der Waals surface area contributed by atoms with Gasteiger partial charge in [0.25, 0.3) is 0 Å². The summed E-state index contributed by atoms with van der Waals surface area (Å²) in [6.07, 6.45) is 7.85. The Hall–Kier alpha value is -0.940. The normalized spacial score (nSPS) is 19.0. The number of rotatable bonds is 6. The van der Waals surface area contributed by atoms with E-state index in [-0.39, 0.29) is 5.54 Å². The van der Waals surface area contributed by atoms with Crippen molar-refractivity contribution in [1.29, 1.82) is 0 Å². The molecule has 0 aromatic carbocycles. The summed E-state index contributed by atoms with van der Waals surface area (Å²) in [4.78, 5) is 4.44. The number of likely N-dealkylation sites (N-methyl/N-ethyl adjacent to an activating group) is 1. The highest BCUT2D eigenvalue weighted by Crippen LogP contribution is 2.30.